The summed E-state index contributed by atoms with van der Waals surface area (Å²) in [6.07, 6.45) is 1.61. The van der Waals surface area contributed by atoms with E-state index in [2.05, 4.69) is 21.7 Å². The van der Waals surface area contributed by atoms with Gasteiger partial charge in [0.1, 0.15) is 11.5 Å². The summed E-state index contributed by atoms with van der Waals surface area (Å²) in [6, 6.07) is 15.7. The van der Waals surface area contributed by atoms with E-state index in [4.69, 9.17) is 0 Å². The topological polar surface area (TPSA) is 54.0 Å². The standard InChI is InChI=1S/C21H20FN3O/c1-14-9-15(2)11-19(10-14)25-21(26)20-8-7-18(13-24-20)23-12-16-3-5-17(22)6-4-16/h3-11,13,23H,12H2,1-2H3,(H,25,26). The lowest BCUT2D eigenvalue weighted by molar-refractivity contribution is 0.102. The summed E-state index contributed by atoms with van der Waals surface area (Å²) in [5.41, 5.74) is 5.03. The molecule has 3 aromatic rings. The van der Waals surface area contributed by atoms with Gasteiger partial charge in [-0.2, -0.15) is 0 Å². The van der Waals surface area contributed by atoms with E-state index in [9.17, 15) is 9.18 Å². The van der Waals surface area contributed by atoms with Gasteiger partial charge >= 0.3 is 0 Å². The quantitative estimate of drug-likeness (QED) is 0.702. The molecule has 132 valence electrons. The zero-order chi connectivity index (χ0) is 18.5. The molecule has 1 amide bonds. The Hall–Kier alpha value is -3.21. The van der Waals surface area contributed by atoms with Gasteiger partial charge in [0.2, 0.25) is 0 Å². The van der Waals surface area contributed by atoms with Gasteiger partial charge in [-0.1, -0.05) is 18.2 Å². The second-order valence-corrected chi connectivity index (χ2v) is 6.24. The van der Waals surface area contributed by atoms with E-state index in [1.807, 2.05) is 26.0 Å². The highest BCUT2D eigenvalue weighted by molar-refractivity contribution is 6.03. The Labute approximate surface area is 152 Å². The Kier molecular flexibility index (Phi) is 5.27. The summed E-state index contributed by atoms with van der Waals surface area (Å²) in [5.74, 6) is -0.505. The van der Waals surface area contributed by atoms with Gasteiger partial charge in [0.25, 0.3) is 5.91 Å². The number of hydrogen-bond donors (Lipinski definition) is 2. The number of nitrogens with one attached hydrogen (secondary N) is 2. The first-order chi connectivity index (χ1) is 12.5. The average molecular weight is 349 g/mol. The number of aromatic nitrogens is 1. The summed E-state index contributed by atoms with van der Waals surface area (Å²) >= 11 is 0. The number of carbonyl (C=O) groups is 1. The first kappa shape index (κ1) is 17.6. The third kappa shape index (κ3) is 4.66. The van der Waals surface area contributed by atoms with Gasteiger partial charge in [-0.15, -0.1) is 0 Å². The fraction of sp³-hybridized carbons (Fsp3) is 0.143. The first-order valence-electron chi connectivity index (χ1n) is 8.33. The molecule has 0 saturated heterocycles. The lowest BCUT2D eigenvalue weighted by atomic mass is 10.1. The number of hydrogen-bond acceptors (Lipinski definition) is 3. The fourth-order valence-electron chi connectivity index (χ4n) is 2.68. The van der Waals surface area contributed by atoms with Crippen molar-refractivity contribution >= 4 is 17.3 Å². The number of benzene rings is 2. The van der Waals surface area contributed by atoms with Gasteiger partial charge < -0.3 is 10.6 Å². The largest absolute Gasteiger partial charge is 0.380 e. The van der Waals surface area contributed by atoms with E-state index in [1.165, 1.54) is 12.1 Å². The normalized spacial score (nSPS) is 10.4. The van der Waals surface area contributed by atoms with Crippen molar-refractivity contribution in [3.63, 3.8) is 0 Å². The molecule has 0 aliphatic heterocycles. The van der Waals surface area contributed by atoms with Gasteiger partial charge in [0.15, 0.2) is 0 Å². The molecule has 4 nitrogen and oxygen atoms in total. The molecule has 0 saturated carbocycles. The summed E-state index contributed by atoms with van der Waals surface area (Å²) in [4.78, 5) is 16.5. The highest BCUT2D eigenvalue weighted by Gasteiger charge is 2.08. The predicted molar refractivity (Wildman–Crippen MR) is 102 cm³/mol. The number of carbonyl (C=O) groups excluding carboxylic acids is 1. The highest BCUT2D eigenvalue weighted by atomic mass is 19.1. The maximum Gasteiger partial charge on any atom is 0.274 e. The Morgan fingerprint density at radius 1 is 0.962 bits per heavy atom. The van der Waals surface area contributed by atoms with Crippen LogP contribution in [0, 0.1) is 19.7 Å². The zero-order valence-corrected chi connectivity index (χ0v) is 14.7. The van der Waals surface area contributed by atoms with Crippen LogP contribution in [0.5, 0.6) is 0 Å². The molecule has 0 aliphatic rings. The summed E-state index contributed by atoms with van der Waals surface area (Å²) in [6.45, 7) is 4.53. The van der Waals surface area contributed by atoms with Crippen molar-refractivity contribution in [2.45, 2.75) is 20.4 Å². The molecule has 3 rings (SSSR count). The van der Waals surface area contributed by atoms with Crippen LogP contribution in [0.2, 0.25) is 0 Å². The van der Waals surface area contributed by atoms with Crippen LogP contribution in [0.4, 0.5) is 15.8 Å². The monoisotopic (exact) mass is 349 g/mol. The van der Waals surface area contributed by atoms with E-state index in [1.54, 1.807) is 30.5 Å². The number of halogens is 1. The summed E-state index contributed by atoms with van der Waals surface area (Å²) in [5, 5.41) is 6.06. The van der Waals surface area contributed by atoms with Crippen LogP contribution in [0.25, 0.3) is 0 Å². The number of pyridine rings is 1. The maximum absolute atomic E-state index is 12.9. The predicted octanol–water partition coefficient (Wildman–Crippen LogP) is 4.70. The van der Waals surface area contributed by atoms with Gasteiger partial charge in [0, 0.05) is 12.2 Å². The summed E-state index contributed by atoms with van der Waals surface area (Å²) in [7, 11) is 0. The molecule has 0 aliphatic carbocycles. The van der Waals surface area contributed by atoms with Crippen LogP contribution in [0.15, 0.2) is 60.8 Å². The third-order valence-corrected chi connectivity index (χ3v) is 3.89. The minimum absolute atomic E-state index is 0.250. The molecule has 0 spiro atoms. The van der Waals surface area contributed by atoms with Crippen molar-refractivity contribution in [2.24, 2.45) is 0 Å². The van der Waals surface area contributed by atoms with Crippen LogP contribution in [-0.4, -0.2) is 10.9 Å². The molecule has 26 heavy (non-hydrogen) atoms. The van der Waals surface area contributed by atoms with Crippen molar-refractivity contribution in [3.8, 4) is 0 Å². The first-order valence-corrected chi connectivity index (χ1v) is 8.33. The molecule has 2 N–H and O–H groups in total. The molecule has 2 aromatic carbocycles. The average Bonchev–Trinajstić information content (AvgIpc) is 2.61. The molecule has 0 bridgehead atoms. The van der Waals surface area contributed by atoms with Gasteiger partial charge in [-0.05, 0) is 66.9 Å². The van der Waals surface area contributed by atoms with Gasteiger partial charge in [0.05, 0.1) is 11.9 Å². The van der Waals surface area contributed by atoms with E-state index < -0.39 is 0 Å². The minimum Gasteiger partial charge on any atom is -0.380 e. The molecule has 5 heteroatoms. The Morgan fingerprint density at radius 2 is 1.65 bits per heavy atom. The van der Waals surface area contributed by atoms with Crippen molar-refractivity contribution in [1.29, 1.82) is 0 Å². The molecule has 1 heterocycles. The number of aryl methyl sites for hydroxylation is 2. The molecule has 0 unspecified atom stereocenters. The molecule has 1 aromatic heterocycles. The van der Waals surface area contributed by atoms with Crippen LogP contribution in [0.1, 0.15) is 27.2 Å². The van der Waals surface area contributed by atoms with E-state index >= 15 is 0 Å². The third-order valence-electron chi connectivity index (χ3n) is 3.89. The van der Waals surface area contributed by atoms with E-state index in [0.717, 1.165) is 28.1 Å². The Balaban J connectivity index is 1.61. The smallest absolute Gasteiger partial charge is 0.274 e. The lowest BCUT2D eigenvalue weighted by Crippen LogP contribution is -2.14. The van der Waals surface area contributed by atoms with Gasteiger partial charge in [-0.3, -0.25) is 4.79 Å². The van der Waals surface area contributed by atoms with Crippen LogP contribution < -0.4 is 10.6 Å². The van der Waals surface area contributed by atoms with Crippen molar-refractivity contribution < 1.29 is 9.18 Å². The van der Waals surface area contributed by atoms with E-state index in [0.29, 0.717) is 12.2 Å². The van der Waals surface area contributed by atoms with E-state index in [-0.39, 0.29) is 11.7 Å². The number of amides is 1. The number of anilines is 2. The molecular formula is C21H20FN3O. The van der Waals surface area contributed by atoms with Crippen LogP contribution >= 0.6 is 0 Å². The second-order valence-electron chi connectivity index (χ2n) is 6.24. The second kappa shape index (κ2) is 7.78. The summed E-state index contributed by atoms with van der Waals surface area (Å²) < 4.78 is 12.9. The van der Waals surface area contributed by atoms with Crippen LogP contribution in [-0.2, 0) is 6.54 Å². The molecule has 0 radical (unpaired) electrons. The molecular weight excluding hydrogens is 329 g/mol. The fourth-order valence-corrected chi connectivity index (χ4v) is 2.68. The Bertz CT molecular complexity index is 885. The minimum atomic E-state index is -0.255. The SMILES string of the molecule is Cc1cc(C)cc(NC(=O)c2ccc(NCc3ccc(F)cc3)cn2)c1. The lowest BCUT2D eigenvalue weighted by Gasteiger charge is -2.09. The number of nitrogens with zero attached hydrogens (tertiary/aromatic N) is 1. The zero-order valence-electron chi connectivity index (χ0n) is 14.7. The van der Waals surface area contributed by atoms with Crippen molar-refractivity contribution in [3.05, 3.63) is 89.0 Å². The maximum atomic E-state index is 12.9. The van der Waals surface area contributed by atoms with Crippen molar-refractivity contribution in [1.82, 2.24) is 4.98 Å². The molecule has 0 fully saturated rings. The Morgan fingerprint density at radius 3 is 2.27 bits per heavy atom. The van der Waals surface area contributed by atoms with Gasteiger partial charge in [-0.25, -0.2) is 9.37 Å². The molecule has 0 atom stereocenters. The van der Waals surface area contributed by atoms with Crippen molar-refractivity contribution in [2.75, 3.05) is 10.6 Å². The number of rotatable bonds is 5. The highest BCUT2D eigenvalue weighted by Crippen LogP contribution is 2.15. The van der Waals surface area contributed by atoms with Crippen LogP contribution in [0.3, 0.4) is 0 Å².